The van der Waals surface area contributed by atoms with E-state index in [0.29, 0.717) is 6.07 Å². The first-order valence-corrected chi connectivity index (χ1v) is 5.41. The fourth-order valence-corrected chi connectivity index (χ4v) is 1.41. The van der Waals surface area contributed by atoms with Gasteiger partial charge in [0.05, 0.1) is 16.8 Å². The molecule has 1 atom stereocenters. The second-order valence-electron chi connectivity index (χ2n) is 4.00. The molecule has 0 aliphatic carbocycles. The molecule has 1 aromatic rings. The van der Waals surface area contributed by atoms with E-state index in [0.717, 1.165) is 6.07 Å². The molecule has 0 radical (unpaired) electrons. The fraction of sp³-hybridized carbons (Fsp3) is 0.364. The average molecular weight is 263 g/mol. The SMILES string of the molecule is CC(C)[C@@H](N)C(=O)Nc1c(F)cc(F)cc1Cl. The molecule has 0 aliphatic rings. The molecule has 0 fully saturated rings. The Morgan fingerprint density at radius 3 is 2.47 bits per heavy atom. The van der Waals surface area contributed by atoms with Crippen LogP contribution < -0.4 is 11.1 Å². The maximum absolute atomic E-state index is 13.4. The molecule has 0 heterocycles. The van der Waals surface area contributed by atoms with Crippen LogP contribution in [0.4, 0.5) is 14.5 Å². The Balaban J connectivity index is 2.93. The minimum Gasteiger partial charge on any atom is -0.321 e. The summed E-state index contributed by atoms with van der Waals surface area (Å²) in [6.07, 6.45) is 0. The van der Waals surface area contributed by atoms with E-state index in [9.17, 15) is 13.6 Å². The lowest BCUT2D eigenvalue weighted by molar-refractivity contribution is -0.118. The Morgan fingerprint density at radius 1 is 1.41 bits per heavy atom. The van der Waals surface area contributed by atoms with Crippen molar-refractivity contribution in [1.82, 2.24) is 0 Å². The molecule has 0 saturated heterocycles. The smallest absolute Gasteiger partial charge is 0.241 e. The molecule has 1 aromatic carbocycles. The molecule has 6 heteroatoms. The number of hydrogen-bond acceptors (Lipinski definition) is 2. The van der Waals surface area contributed by atoms with Crippen LogP contribution in [0, 0.1) is 17.6 Å². The quantitative estimate of drug-likeness (QED) is 0.880. The standard InChI is InChI=1S/C11H13ClF2N2O/c1-5(2)9(15)11(17)16-10-7(12)3-6(13)4-8(10)14/h3-5,9H,15H2,1-2H3,(H,16,17)/t9-/m1/s1. The predicted octanol–water partition coefficient (Wildman–Crippen LogP) is 2.54. The summed E-state index contributed by atoms with van der Waals surface area (Å²) in [4.78, 5) is 11.6. The van der Waals surface area contributed by atoms with Crippen molar-refractivity contribution in [3.05, 3.63) is 28.8 Å². The number of benzene rings is 1. The van der Waals surface area contributed by atoms with Crippen molar-refractivity contribution in [1.29, 1.82) is 0 Å². The van der Waals surface area contributed by atoms with Crippen molar-refractivity contribution >= 4 is 23.2 Å². The van der Waals surface area contributed by atoms with E-state index in [1.807, 2.05) is 0 Å². The van der Waals surface area contributed by atoms with Gasteiger partial charge in [-0.15, -0.1) is 0 Å². The first-order valence-electron chi connectivity index (χ1n) is 5.04. The molecule has 0 aromatic heterocycles. The van der Waals surface area contributed by atoms with Crippen molar-refractivity contribution in [3.63, 3.8) is 0 Å². The number of hydrogen-bond donors (Lipinski definition) is 2. The first kappa shape index (κ1) is 13.9. The van der Waals surface area contributed by atoms with Crippen molar-refractivity contribution < 1.29 is 13.6 Å². The summed E-state index contributed by atoms with van der Waals surface area (Å²) in [5, 5.41) is 2.05. The molecule has 3 nitrogen and oxygen atoms in total. The summed E-state index contributed by atoms with van der Waals surface area (Å²) < 4.78 is 26.1. The first-order chi connectivity index (χ1) is 7.82. The van der Waals surface area contributed by atoms with Crippen molar-refractivity contribution in [3.8, 4) is 0 Å². The van der Waals surface area contributed by atoms with Crippen LogP contribution >= 0.6 is 11.6 Å². The summed E-state index contributed by atoms with van der Waals surface area (Å²) in [5.74, 6) is -2.40. The summed E-state index contributed by atoms with van der Waals surface area (Å²) >= 11 is 5.63. The van der Waals surface area contributed by atoms with Crippen LogP contribution in [-0.2, 0) is 4.79 Å². The van der Waals surface area contributed by atoms with Crippen LogP contribution in [0.2, 0.25) is 5.02 Å². The Hall–Kier alpha value is -1.20. The van der Waals surface area contributed by atoms with Crippen molar-refractivity contribution in [2.45, 2.75) is 19.9 Å². The Bertz CT molecular complexity index is 414. The number of nitrogens with two attached hydrogens (primary N) is 1. The van der Waals surface area contributed by atoms with Gasteiger partial charge in [0.1, 0.15) is 5.82 Å². The number of anilines is 1. The van der Waals surface area contributed by atoms with Crippen LogP contribution in [0.1, 0.15) is 13.8 Å². The van der Waals surface area contributed by atoms with Gasteiger partial charge in [0.2, 0.25) is 5.91 Å². The molecule has 94 valence electrons. The van der Waals surface area contributed by atoms with Crippen LogP contribution in [0.15, 0.2) is 12.1 Å². The lowest BCUT2D eigenvalue weighted by atomic mass is 10.0. The Labute approximate surface area is 103 Å². The van der Waals surface area contributed by atoms with Crippen molar-refractivity contribution in [2.24, 2.45) is 11.7 Å². The molecule has 0 bridgehead atoms. The Morgan fingerprint density at radius 2 is 2.00 bits per heavy atom. The fourth-order valence-electron chi connectivity index (χ4n) is 1.17. The maximum Gasteiger partial charge on any atom is 0.241 e. The minimum atomic E-state index is -0.931. The number of nitrogens with one attached hydrogen (secondary N) is 1. The van der Waals surface area contributed by atoms with Gasteiger partial charge < -0.3 is 11.1 Å². The summed E-state index contributed by atoms with van der Waals surface area (Å²) in [6.45, 7) is 3.51. The second-order valence-corrected chi connectivity index (χ2v) is 4.41. The monoisotopic (exact) mass is 262 g/mol. The minimum absolute atomic E-state index is 0.0997. The van der Waals surface area contributed by atoms with Gasteiger partial charge >= 0.3 is 0 Å². The van der Waals surface area contributed by atoms with Gasteiger partial charge in [0.15, 0.2) is 5.82 Å². The van der Waals surface area contributed by atoms with Gasteiger partial charge in [-0.1, -0.05) is 25.4 Å². The van der Waals surface area contributed by atoms with Crippen molar-refractivity contribution in [2.75, 3.05) is 5.32 Å². The van der Waals surface area contributed by atoms with Crippen LogP contribution in [0.5, 0.6) is 0 Å². The highest BCUT2D eigenvalue weighted by atomic mass is 35.5. The van der Waals surface area contributed by atoms with Gasteiger partial charge in [-0.3, -0.25) is 4.79 Å². The van der Waals surface area contributed by atoms with Gasteiger partial charge in [0.25, 0.3) is 0 Å². The van der Waals surface area contributed by atoms with Gasteiger partial charge in [-0.2, -0.15) is 0 Å². The number of carbonyl (C=O) groups excluding carboxylic acids is 1. The molecule has 0 aliphatic heterocycles. The van der Waals surface area contributed by atoms with E-state index in [4.69, 9.17) is 17.3 Å². The highest BCUT2D eigenvalue weighted by Gasteiger charge is 2.20. The number of amides is 1. The average Bonchev–Trinajstić information content (AvgIpc) is 2.21. The number of rotatable bonds is 3. The van der Waals surface area contributed by atoms with E-state index < -0.39 is 23.6 Å². The lowest BCUT2D eigenvalue weighted by Crippen LogP contribution is -2.40. The molecule has 0 saturated carbocycles. The zero-order valence-electron chi connectivity index (χ0n) is 9.43. The third-order valence-corrected chi connectivity index (χ3v) is 2.57. The van der Waals surface area contributed by atoms with E-state index in [-0.39, 0.29) is 16.6 Å². The summed E-state index contributed by atoms with van der Waals surface area (Å²) in [5.41, 5.74) is 5.33. The summed E-state index contributed by atoms with van der Waals surface area (Å²) in [7, 11) is 0. The summed E-state index contributed by atoms with van der Waals surface area (Å²) in [6, 6.07) is 0.777. The molecule has 17 heavy (non-hydrogen) atoms. The molecular weight excluding hydrogens is 250 g/mol. The van der Waals surface area contributed by atoms with E-state index >= 15 is 0 Å². The van der Waals surface area contributed by atoms with Crippen LogP contribution in [-0.4, -0.2) is 11.9 Å². The zero-order valence-corrected chi connectivity index (χ0v) is 10.2. The predicted molar refractivity (Wildman–Crippen MR) is 62.8 cm³/mol. The molecule has 0 spiro atoms. The van der Waals surface area contributed by atoms with Crippen LogP contribution in [0.3, 0.4) is 0 Å². The van der Waals surface area contributed by atoms with Crippen LogP contribution in [0.25, 0.3) is 0 Å². The number of halogens is 3. The van der Waals surface area contributed by atoms with Gasteiger partial charge in [0, 0.05) is 6.07 Å². The van der Waals surface area contributed by atoms with E-state index in [1.54, 1.807) is 13.8 Å². The largest absolute Gasteiger partial charge is 0.321 e. The van der Waals surface area contributed by atoms with E-state index in [2.05, 4.69) is 5.32 Å². The molecular formula is C11H13ClF2N2O. The second kappa shape index (κ2) is 5.42. The van der Waals surface area contributed by atoms with Gasteiger partial charge in [-0.05, 0) is 12.0 Å². The highest BCUT2D eigenvalue weighted by molar-refractivity contribution is 6.33. The molecule has 0 unspecified atom stereocenters. The topological polar surface area (TPSA) is 55.1 Å². The molecule has 1 rings (SSSR count). The zero-order chi connectivity index (χ0) is 13.2. The number of carbonyl (C=O) groups is 1. The highest BCUT2D eigenvalue weighted by Crippen LogP contribution is 2.26. The third kappa shape index (κ3) is 3.38. The normalized spacial score (nSPS) is 12.6. The molecule has 3 N–H and O–H groups in total. The van der Waals surface area contributed by atoms with Gasteiger partial charge in [-0.25, -0.2) is 8.78 Å². The third-order valence-electron chi connectivity index (χ3n) is 2.28. The Kier molecular flexibility index (Phi) is 4.42. The van der Waals surface area contributed by atoms with E-state index in [1.165, 1.54) is 0 Å². The molecule has 1 amide bonds. The maximum atomic E-state index is 13.4. The lowest BCUT2D eigenvalue weighted by Gasteiger charge is -2.16.